The van der Waals surface area contributed by atoms with E-state index in [0.29, 0.717) is 6.04 Å². The monoisotopic (exact) mass is 268 g/mol. The van der Waals surface area contributed by atoms with Crippen molar-refractivity contribution >= 4 is 16.5 Å². The third kappa shape index (κ3) is 2.79. The van der Waals surface area contributed by atoms with Crippen molar-refractivity contribution in [3.05, 3.63) is 36.7 Å². The van der Waals surface area contributed by atoms with Crippen LogP contribution in [-0.4, -0.2) is 11.0 Å². The molecule has 1 heterocycles. The molecule has 1 saturated carbocycles. The highest BCUT2D eigenvalue weighted by atomic mass is 14.9. The molecule has 20 heavy (non-hydrogen) atoms. The predicted octanol–water partition coefficient (Wildman–Crippen LogP) is 4.86. The minimum Gasteiger partial charge on any atom is -0.382 e. The van der Waals surface area contributed by atoms with Crippen molar-refractivity contribution in [1.82, 2.24) is 4.98 Å². The number of hydrogen-bond donors (Lipinski definition) is 1. The quantitative estimate of drug-likeness (QED) is 0.859. The molecule has 0 saturated heterocycles. The first-order chi connectivity index (χ1) is 9.74. The van der Waals surface area contributed by atoms with Crippen molar-refractivity contribution in [1.29, 1.82) is 0 Å². The van der Waals surface area contributed by atoms with E-state index >= 15 is 0 Å². The van der Waals surface area contributed by atoms with Crippen molar-refractivity contribution in [2.75, 3.05) is 5.32 Å². The number of hydrogen-bond acceptors (Lipinski definition) is 2. The lowest BCUT2D eigenvalue weighted by atomic mass is 9.79. The Labute approximate surface area is 121 Å². The molecule has 1 N–H and O–H groups in total. The number of nitrogens with one attached hydrogen (secondary N) is 1. The first kappa shape index (κ1) is 13.4. The summed E-state index contributed by atoms with van der Waals surface area (Å²) in [5.41, 5.74) is 1.24. The van der Waals surface area contributed by atoms with Gasteiger partial charge in [0.25, 0.3) is 0 Å². The van der Waals surface area contributed by atoms with Gasteiger partial charge in [-0.05, 0) is 42.2 Å². The van der Waals surface area contributed by atoms with E-state index < -0.39 is 0 Å². The second-order valence-corrected chi connectivity index (χ2v) is 6.41. The smallest absolute Gasteiger partial charge is 0.0437 e. The van der Waals surface area contributed by atoms with Gasteiger partial charge in [0.1, 0.15) is 0 Å². The standard InChI is InChI=1S/C18H24N2/c1-13(2)15-6-3-7-16(11-15)20-18-8-4-5-14-9-10-19-12-17(14)18/h4-5,8-10,12-13,15-16,20H,3,6-7,11H2,1-2H3. The zero-order valence-electron chi connectivity index (χ0n) is 12.5. The summed E-state index contributed by atoms with van der Waals surface area (Å²) in [5.74, 6) is 1.67. The fraction of sp³-hybridized carbons (Fsp3) is 0.500. The minimum absolute atomic E-state index is 0.613. The Morgan fingerprint density at radius 1 is 1.20 bits per heavy atom. The molecule has 2 unspecified atom stereocenters. The molecular weight excluding hydrogens is 244 g/mol. The first-order valence-corrected chi connectivity index (χ1v) is 7.83. The van der Waals surface area contributed by atoms with Gasteiger partial charge in [0.2, 0.25) is 0 Å². The largest absolute Gasteiger partial charge is 0.382 e. The summed E-state index contributed by atoms with van der Waals surface area (Å²) < 4.78 is 0. The maximum Gasteiger partial charge on any atom is 0.0437 e. The Hall–Kier alpha value is -1.57. The molecule has 0 bridgehead atoms. The van der Waals surface area contributed by atoms with Gasteiger partial charge in [-0.2, -0.15) is 0 Å². The van der Waals surface area contributed by atoms with Crippen LogP contribution in [0, 0.1) is 11.8 Å². The number of fused-ring (bicyclic) bond motifs is 1. The molecule has 2 aromatic rings. The van der Waals surface area contributed by atoms with Gasteiger partial charge in [-0.3, -0.25) is 4.98 Å². The molecule has 0 aliphatic heterocycles. The minimum atomic E-state index is 0.613. The highest BCUT2D eigenvalue weighted by Gasteiger charge is 2.24. The number of pyridine rings is 1. The van der Waals surface area contributed by atoms with Gasteiger partial charge in [-0.1, -0.05) is 38.8 Å². The summed E-state index contributed by atoms with van der Waals surface area (Å²) in [6.45, 7) is 4.71. The molecule has 106 valence electrons. The van der Waals surface area contributed by atoms with Crippen LogP contribution in [0.15, 0.2) is 36.7 Å². The topological polar surface area (TPSA) is 24.9 Å². The fourth-order valence-corrected chi connectivity index (χ4v) is 3.42. The Balaban J connectivity index is 1.79. The van der Waals surface area contributed by atoms with Crippen molar-refractivity contribution in [3.8, 4) is 0 Å². The number of rotatable bonds is 3. The Kier molecular flexibility index (Phi) is 3.90. The van der Waals surface area contributed by atoms with Gasteiger partial charge in [0.15, 0.2) is 0 Å². The van der Waals surface area contributed by atoms with Crippen molar-refractivity contribution in [3.63, 3.8) is 0 Å². The molecule has 1 aliphatic carbocycles. The van der Waals surface area contributed by atoms with E-state index in [9.17, 15) is 0 Å². The normalized spacial score (nSPS) is 23.1. The van der Waals surface area contributed by atoms with Crippen LogP contribution < -0.4 is 5.32 Å². The van der Waals surface area contributed by atoms with Crippen LogP contribution in [-0.2, 0) is 0 Å². The average Bonchev–Trinajstić information content (AvgIpc) is 2.48. The number of aromatic nitrogens is 1. The fourth-order valence-electron chi connectivity index (χ4n) is 3.42. The van der Waals surface area contributed by atoms with Gasteiger partial charge in [0, 0.05) is 29.5 Å². The lowest BCUT2D eigenvalue weighted by Crippen LogP contribution is -2.29. The highest BCUT2D eigenvalue weighted by molar-refractivity contribution is 5.93. The zero-order valence-corrected chi connectivity index (χ0v) is 12.5. The predicted molar refractivity (Wildman–Crippen MR) is 85.9 cm³/mol. The van der Waals surface area contributed by atoms with Crippen LogP contribution in [0.4, 0.5) is 5.69 Å². The Bertz CT molecular complexity index is 571. The molecule has 0 spiro atoms. The van der Waals surface area contributed by atoms with E-state index in [1.165, 1.54) is 42.1 Å². The lowest BCUT2D eigenvalue weighted by molar-refractivity contribution is 0.264. The summed E-state index contributed by atoms with van der Waals surface area (Å²) in [4.78, 5) is 4.27. The summed E-state index contributed by atoms with van der Waals surface area (Å²) >= 11 is 0. The van der Waals surface area contributed by atoms with Crippen molar-refractivity contribution in [2.45, 2.75) is 45.6 Å². The van der Waals surface area contributed by atoms with Gasteiger partial charge in [-0.15, -0.1) is 0 Å². The summed E-state index contributed by atoms with van der Waals surface area (Å²) in [5, 5.41) is 6.27. The molecule has 1 aromatic heterocycles. The van der Waals surface area contributed by atoms with Gasteiger partial charge in [-0.25, -0.2) is 0 Å². The molecule has 3 rings (SSSR count). The molecule has 1 aliphatic rings. The van der Waals surface area contributed by atoms with Gasteiger partial charge < -0.3 is 5.32 Å². The molecule has 1 fully saturated rings. The second-order valence-electron chi connectivity index (χ2n) is 6.41. The Morgan fingerprint density at radius 3 is 2.95 bits per heavy atom. The van der Waals surface area contributed by atoms with Crippen molar-refractivity contribution in [2.24, 2.45) is 11.8 Å². The first-order valence-electron chi connectivity index (χ1n) is 7.83. The van der Waals surface area contributed by atoms with Crippen LogP contribution in [0.2, 0.25) is 0 Å². The molecular formula is C18H24N2. The van der Waals surface area contributed by atoms with Crippen LogP contribution in [0.5, 0.6) is 0 Å². The molecule has 0 radical (unpaired) electrons. The molecule has 2 nitrogen and oxygen atoms in total. The summed E-state index contributed by atoms with van der Waals surface area (Å²) in [6.07, 6.45) is 9.17. The van der Waals surface area contributed by atoms with E-state index in [1.807, 2.05) is 12.4 Å². The van der Waals surface area contributed by atoms with E-state index in [0.717, 1.165) is 11.8 Å². The van der Waals surface area contributed by atoms with Crippen molar-refractivity contribution < 1.29 is 0 Å². The number of anilines is 1. The van der Waals surface area contributed by atoms with Crippen LogP contribution in [0.25, 0.3) is 10.8 Å². The average molecular weight is 268 g/mol. The van der Waals surface area contributed by atoms with Crippen LogP contribution >= 0.6 is 0 Å². The number of benzene rings is 1. The molecule has 2 atom stereocenters. The number of nitrogens with zero attached hydrogens (tertiary/aromatic N) is 1. The molecule has 2 heteroatoms. The van der Waals surface area contributed by atoms with E-state index in [1.54, 1.807) is 0 Å². The maximum atomic E-state index is 4.27. The summed E-state index contributed by atoms with van der Waals surface area (Å²) in [6, 6.07) is 9.16. The maximum absolute atomic E-state index is 4.27. The van der Waals surface area contributed by atoms with E-state index in [-0.39, 0.29) is 0 Å². The van der Waals surface area contributed by atoms with Gasteiger partial charge in [0.05, 0.1) is 0 Å². The van der Waals surface area contributed by atoms with Crippen LogP contribution in [0.3, 0.4) is 0 Å². The second kappa shape index (κ2) is 5.82. The highest BCUT2D eigenvalue weighted by Crippen LogP contribution is 2.32. The molecule has 0 amide bonds. The van der Waals surface area contributed by atoms with Crippen LogP contribution in [0.1, 0.15) is 39.5 Å². The summed E-state index contributed by atoms with van der Waals surface area (Å²) in [7, 11) is 0. The zero-order chi connectivity index (χ0) is 13.9. The van der Waals surface area contributed by atoms with E-state index in [2.05, 4.69) is 48.4 Å². The third-order valence-electron chi connectivity index (χ3n) is 4.70. The lowest BCUT2D eigenvalue weighted by Gasteiger charge is -2.33. The molecule has 1 aromatic carbocycles. The van der Waals surface area contributed by atoms with Gasteiger partial charge >= 0.3 is 0 Å². The SMILES string of the molecule is CC(C)C1CCCC(Nc2cccc3ccncc23)C1. The van der Waals surface area contributed by atoms with E-state index in [4.69, 9.17) is 0 Å². The third-order valence-corrected chi connectivity index (χ3v) is 4.70. The Morgan fingerprint density at radius 2 is 2.10 bits per heavy atom.